The number of rotatable bonds is 4. The molecule has 0 aliphatic carbocycles. The van der Waals surface area contributed by atoms with Gasteiger partial charge in [-0.15, -0.1) is 23.4 Å². The van der Waals surface area contributed by atoms with Gasteiger partial charge in [-0.05, 0) is 24.0 Å². The van der Waals surface area contributed by atoms with Crippen LogP contribution in [0.5, 0.6) is 0 Å². The predicted molar refractivity (Wildman–Crippen MR) is 72.7 cm³/mol. The Balaban J connectivity index is 1.88. The summed E-state index contributed by atoms with van der Waals surface area (Å²) in [6.07, 6.45) is 0.835. The van der Waals surface area contributed by atoms with Crippen LogP contribution in [0.15, 0.2) is 29.2 Å². The Morgan fingerprint density at radius 1 is 1.59 bits per heavy atom. The van der Waals surface area contributed by atoms with E-state index in [0.717, 1.165) is 6.42 Å². The molecular formula is C13H16ClNOS. The lowest BCUT2D eigenvalue weighted by atomic mass is 10.1. The van der Waals surface area contributed by atoms with Crippen molar-refractivity contribution in [2.45, 2.75) is 23.5 Å². The minimum atomic E-state index is 0.0231. The maximum atomic E-state index is 12.0. The highest BCUT2D eigenvalue weighted by atomic mass is 35.5. The maximum Gasteiger partial charge on any atom is 0.233 e. The summed E-state index contributed by atoms with van der Waals surface area (Å²) >= 11 is 7.37. The van der Waals surface area contributed by atoms with Crippen LogP contribution in [0, 0.1) is 5.92 Å². The Kier molecular flexibility index (Phi) is 4.35. The molecule has 2 unspecified atom stereocenters. The first-order valence-corrected chi connectivity index (χ1v) is 7.20. The number of carbonyl (C=O) groups excluding carboxylic acids is 1. The summed E-state index contributed by atoms with van der Waals surface area (Å²) in [4.78, 5) is 13.2. The van der Waals surface area contributed by atoms with Gasteiger partial charge in [0, 0.05) is 17.3 Å². The number of hydrogen-bond acceptors (Lipinski definition) is 2. The van der Waals surface area contributed by atoms with Gasteiger partial charge in [-0.25, -0.2) is 0 Å². The van der Waals surface area contributed by atoms with Crippen molar-refractivity contribution in [3.05, 3.63) is 29.8 Å². The van der Waals surface area contributed by atoms with Crippen LogP contribution in [0.3, 0.4) is 0 Å². The lowest BCUT2D eigenvalue weighted by molar-refractivity contribution is -0.120. The molecule has 92 valence electrons. The van der Waals surface area contributed by atoms with Crippen molar-refractivity contribution in [3.8, 4) is 0 Å². The summed E-state index contributed by atoms with van der Waals surface area (Å²) in [5.74, 6) is 1.04. The van der Waals surface area contributed by atoms with Gasteiger partial charge in [0.05, 0.1) is 5.25 Å². The first kappa shape index (κ1) is 12.8. The van der Waals surface area contributed by atoms with E-state index in [4.69, 9.17) is 11.6 Å². The summed E-state index contributed by atoms with van der Waals surface area (Å²) in [6, 6.07) is 8.21. The number of nitrogens with one attached hydrogen (secondary N) is 1. The summed E-state index contributed by atoms with van der Waals surface area (Å²) in [6.45, 7) is 2.69. The summed E-state index contributed by atoms with van der Waals surface area (Å²) in [5, 5.41) is 2.99. The van der Waals surface area contributed by atoms with Crippen molar-refractivity contribution in [2.75, 3.05) is 12.4 Å². The molecule has 2 nitrogen and oxygen atoms in total. The van der Waals surface area contributed by atoms with Crippen LogP contribution in [0.1, 0.15) is 12.5 Å². The van der Waals surface area contributed by atoms with Crippen molar-refractivity contribution in [3.63, 3.8) is 0 Å². The molecule has 1 amide bonds. The van der Waals surface area contributed by atoms with Crippen LogP contribution >= 0.6 is 23.4 Å². The SMILES string of the molecule is CC(CCl)CNC(=O)C1Cc2ccccc2S1. The Labute approximate surface area is 111 Å². The number of halogens is 1. The normalized spacial score (nSPS) is 19.8. The van der Waals surface area contributed by atoms with Gasteiger partial charge in [-0.2, -0.15) is 0 Å². The van der Waals surface area contributed by atoms with Crippen molar-refractivity contribution in [1.29, 1.82) is 0 Å². The number of thioether (sulfide) groups is 1. The number of carbonyl (C=O) groups is 1. The molecule has 4 heteroatoms. The summed E-state index contributed by atoms with van der Waals surface area (Å²) < 4.78 is 0. The van der Waals surface area contributed by atoms with Gasteiger partial charge < -0.3 is 5.32 Å². The topological polar surface area (TPSA) is 29.1 Å². The minimum absolute atomic E-state index is 0.0231. The van der Waals surface area contributed by atoms with Crippen molar-refractivity contribution >= 4 is 29.3 Å². The van der Waals surface area contributed by atoms with Gasteiger partial charge in [-0.1, -0.05) is 25.1 Å². The lowest BCUT2D eigenvalue weighted by Crippen LogP contribution is -2.35. The molecule has 0 bridgehead atoms. The molecular weight excluding hydrogens is 254 g/mol. The molecule has 0 radical (unpaired) electrons. The van der Waals surface area contributed by atoms with Crippen LogP contribution in [-0.4, -0.2) is 23.6 Å². The van der Waals surface area contributed by atoms with E-state index in [0.29, 0.717) is 18.3 Å². The zero-order valence-electron chi connectivity index (χ0n) is 9.78. The fourth-order valence-corrected chi connectivity index (χ4v) is 3.10. The van der Waals surface area contributed by atoms with Crippen LogP contribution in [0.4, 0.5) is 0 Å². The number of alkyl halides is 1. The molecule has 1 aliphatic rings. The Morgan fingerprint density at radius 2 is 2.35 bits per heavy atom. The number of fused-ring (bicyclic) bond motifs is 1. The third kappa shape index (κ3) is 3.17. The second-order valence-corrected chi connectivity index (χ2v) is 5.98. The molecule has 0 fully saturated rings. The highest BCUT2D eigenvalue weighted by molar-refractivity contribution is 8.01. The molecule has 0 spiro atoms. The highest BCUT2D eigenvalue weighted by Gasteiger charge is 2.27. The first-order chi connectivity index (χ1) is 8.20. The van der Waals surface area contributed by atoms with Crippen LogP contribution in [0.25, 0.3) is 0 Å². The smallest absolute Gasteiger partial charge is 0.233 e. The number of benzene rings is 1. The molecule has 0 saturated heterocycles. The largest absolute Gasteiger partial charge is 0.355 e. The van der Waals surface area contributed by atoms with Gasteiger partial charge in [0.2, 0.25) is 5.91 Å². The second kappa shape index (κ2) is 5.78. The molecule has 1 N–H and O–H groups in total. The third-order valence-corrected chi connectivity index (χ3v) is 4.67. The molecule has 2 atom stereocenters. The second-order valence-electron chi connectivity index (χ2n) is 4.42. The lowest BCUT2D eigenvalue weighted by Gasteiger charge is -2.12. The van der Waals surface area contributed by atoms with E-state index in [2.05, 4.69) is 17.4 Å². The number of amides is 1. The predicted octanol–water partition coefficient (Wildman–Crippen LogP) is 2.69. The van der Waals surface area contributed by atoms with Crippen LogP contribution < -0.4 is 5.32 Å². The molecule has 1 aromatic rings. The maximum absolute atomic E-state index is 12.0. The molecule has 17 heavy (non-hydrogen) atoms. The zero-order chi connectivity index (χ0) is 12.3. The van der Waals surface area contributed by atoms with Gasteiger partial charge in [0.15, 0.2) is 0 Å². The highest BCUT2D eigenvalue weighted by Crippen LogP contribution is 2.36. The fourth-order valence-electron chi connectivity index (χ4n) is 1.77. The van der Waals surface area contributed by atoms with E-state index in [9.17, 15) is 4.79 Å². The first-order valence-electron chi connectivity index (χ1n) is 5.79. The van der Waals surface area contributed by atoms with E-state index in [1.54, 1.807) is 11.8 Å². The molecule has 1 aliphatic heterocycles. The quantitative estimate of drug-likeness (QED) is 0.852. The molecule has 1 heterocycles. The Hall–Kier alpha value is -0.670. The van der Waals surface area contributed by atoms with E-state index < -0.39 is 0 Å². The van der Waals surface area contributed by atoms with Gasteiger partial charge in [0.25, 0.3) is 0 Å². The summed E-state index contributed by atoms with van der Waals surface area (Å²) in [7, 11) is 0. The Morgan fingerprint density at radius 3 is 3.06 bits per heavy atom. The van der Waals surface area contributed by atoms with E-state index in [1.165, 1.54) is 10.5 Å². The molecule has 1 aromatic carbocycles. The molecule has 2 rings (SSSR count). The monoisotopic (exact) mass is 269 g/mol. The average molecular weight is 270 g/mol. The van der Waals surface area contributed by atoms with Crippen LogP contribution in [0.2, 0.25) is 0 Å². The van der Waals surface area contributed by atoms with E-state index in [1.807, 2.05) is 19.1 Å². The third-order valence-electron chi connectivity index (χ3n) is 2.83. The van der Waals surface area contributed by atoms with Crippen molar-refractivity contribution < 1.29 is 4.79 Å². The minimum Gasteiger partial charge on any atom is -0.355 e. The van der Waals surface area contributed by atoms with Gasteiger partial charge in [-0.3, -0.25) is 4.79 Å². The Bertz CT molecular complexity index is 385. The molecule has 0 saturated carbocycles. The standard InChI is InChI=1S/C13H16ClNOS/c1-9(7-14)8-15-13(16)12-6-10-4-2-3-5-11(10)17-12/h2-5,9,12H,6-8H2,1H3,(H,15,16). The summed E-state index contributed by atoms with van der Waals surface area (Å²) in [5.41, 5.74) is 1.28. The van der Waals surface area contributed by atoms with E-state index >= 15 is 0 Å². The van der Waals surface area contributed by atoms with Crippen molar-refractivity contribution in [1.82, 2.24) is 5.32 Å². The zero-order valence-corrected chi connectivity index (χ0v) is 11.4. The molecule has 0 aromatic heterocycles. The average Bonchev–Trinajstić information content (AvgIpc) is 2.79. The fraction of sp³-hybridized carbons (Fsp3) is 0.462. The van der Waals surface area contributed by atoms with Gasteiger partial charge >= 0.3 is 0 Å². The van der Waals surface area contributed by atoms with Gasteiger partial charge in [0.1, 0.15) is 0 Å². The van der Waals surface area contributed by atoms with E-state index in [-0.39, 0.29) is 11.2 Å². The number of hydrogen-bond donors (Lipinski definition) is 1. The van der Waals surface area contributed by atoms with Crippen molar-refractivity contribution in [2.24, 2.45) is 5.92 Å². The van der Waals surface area contributed by atoms with Crippen LogP contribution in [-0.2, 0) is 11.2 Å².